The molecule has 0 aliphatic heterocycles. The molecule has 98 valence electrons. The summed E-state index contributed by atoms with van der Waals surface area (Å²) in [6.45, 7) is 0. The molecule has 0 spiro atoms. The number of esters is 2. The van der Waals surface area contributed by atoms with Crippen molar-refractivity contribution in [2.45, 2.75) is 12.0 Å². The van der Waals surface area contributed by atoms with Crippen LogP contribution in [0.1, 0.15) is 6.42 Å². The Bertz CT molecular complexity index is 465. The van der Waals surface area contributed by atoms with Gasteiger partial charge < -0.3 is 14.6 Å². The minimum Gasteiger partial charge on any atom is -0.511 e. The average molecular weight is 257 g/mol. The van der Waals surface area contributed by atoms with Crippen molar-refractivity contribution in [3.8, 4) is 0 Å². The van der Waals surface area contributed by atoms with E-state index in [1.807, 2.05) is 0 Å². The van der Waals surface area contributed by atoms with Crippen molar-refractivity contribution < 1.29 is 29.1 Å². The Morgan fingerprint density at radius 2 is 2.06 bits per heavy atom. The van der Waals surface area contributed by atoms with Crippen LogP contribution in [-0.2, 0) is 19.1 Å². The summed E-state index contributed by atoms with van der Waals surface area (Å²) in [6, 6.07) is 0. The highest BCUT2D eigenvalue weighted by molar-refractivity contribution is 5.94. The summed E-state index contributed by atoms with van der Waals surface area (Å²) in [7, 11) is 2.10. The third kappa shape index (κ3) is 2.04. The third-order valence-electron chi connectivity index (χ3n) is 2.54. The van der Waals surface area contributed by atoms with Crippen molar-refractivity contribution >= 4 is 11.9 Å². The normalized spacial score (nSPS) is 22.6. The van der Waals surface area contributed by atoms with E-state index in [2.05, 4.69) is 9.47 Å². The number of hydrogen-bond donors (Lipinski definition) is 1. The monoisotopic (exact) mass is 257 g/mol. The van der Waals surface area contributed by atoms with Gasteiger partial charge in [-0.15, -0.1) is 0 Å². The fourth-order valence-electron chi connectivity index (χ4n) is 1.54. The Morgan fingerprint density at radius 3 is 2.44 bits per heavy atom. The summed E-state index contributed by atoms with van der Waals surface area (Å²) in [5.74, 6) is -2.56. The zero-order valence-corrected chi connectivity index (χ0v) is 9.71. The number of nitro groups is 1. The largest absolute Gasteiger partial charge is 0.511 e. The number of ether oxygens (including phenoxy) is 2. The summed E-state index contributed by atoms with van der Waals surface area (Å²) in [4.78, 5) is 32.8. The highest BCUT2D eigenvalue weighted by Gasteiger charge is 2.53. The van der Waals surface area contributed by atoms with Gasteiger partial charge in [-0.25, -0.2) is 9.59 Å². The first-order valence-electron chi connectivity index (χ1n) is 4.81. The van der Waals surface area contributed by atoms with E-state index in [9.17, 15) is 24.8 Å². The fourth-order valence-corrected chi connectivity index (χ4v) is 1.54. The van der Waals surface area contributed by atoms with Crippen LogP contribution in [0, 0.1) is 10.1 Å². The maximum atomic E-state index is 11.5. The van der Waals surface area contributed by atoms with Gasteiger partial charge in [0.2, 0.25) is 0 Å². The molecular formula is C10H11NO7. The second-order valence-electron chi connectivity index (χ2n) is 3.54. The van der Waals surface area contributed by atoms with Crippen LogP contribution in [-0.4, -0.2) is 41.7 Å². The van der Waals surface area contributed by atoms with Crippen molar-refractivity contribution in [1.29, 1.82) is 0 Å². The van der Waals surface area contributed by atoms with E-state index in [-0.39, 0.29) is 5.57 Å². The zero-order chi connectivity index (χ0) is 13.9. The smallest absolute Gasteiger partial charge is 0.389 e. The summed E-state index contributed by atoms with van der Waals surface area (Å²) in [5, 5.41) is 20.6. The van der Waals surface area contributed by atoms with Crippen LogP contribution in [0.3, 0.4) is 0 Å². The highest BCUT2D eigenvalue weighted by atomic mass is 16.6. The number of carbonyl (C=O) groups excluding carboxylic acids is 2. The van der Waals surface area contributed by atoms with Crippen molar-refractivity contribution in [3.05, 3.63) is 33.6 Å². The summed E-state index contributed by atoms with van der Waals surface area (Å²) in [6.07, 6.45) is 1.22. The molecule has 8 heteroatoms. The number of aliphatic hydroxyl groups excluding tert-OH is 1. The van der Waals surface area contributed by atoms with Crippen molar-refractivity contribution in [2.24, 2.45) is 0 Å². The van der Waals surface area contributed by atoms with E-state index in [0.29, 0.717) is 0 Å². The van der Waals surface area contributed by atoms with E-state index in [4.69, 9.17) is 0 Å². The molecule has 18 heavy (non-hydrogen) atoms. The molecule has 0 aromatic heterocycles. The molecule has 1 unspecified atom stereocenters. The highest BCUT2D eigenvalue weighted by Crippen LogP contribution is 2.30. The summed E-state index contributed by atoms with van der Waals surface area (Å²) >= 11 is 0. The van der Waals surface area contributed by atoms with Gasteiger partial charge in [0.05, 0.1) is 26.2 Å². The lowest BCUT2D eigenvalue weighted by Crippen LogP contribution is -2.47. The number of carbonyl (C=O) groups is 2. The SMILES string of the molecule is COC(=O)C1=C(O)CC(C(=O)OC)([N+](=O)[O-])C=C1. The fraction of sp³-hybridized carbons (Fsp3) is 0.400. The quantitative estimate of drug-likeness (QED) is 0.433. The topological polar surface area (TPSA) is 116 Å². The molecule has 0 saturated carbocycles. The van der Waals surface area contributed by atoms with Crippen LogP contribution in [0.4, 0.5) is 0 Å². The Balaban J connectivity index is 3.18. The van der Waals surface area contributed by atoms with Crippen LogP contribution >= 0.6 is 0 Å². The Hall–Kier alpha value is -2.38. The van der Waals surface area contributed by atoms with Crippen molar-refractivity contribution in [1.82, 2.24) is 0 Å². The first kappa shape index (κ1) is 13.7. The van der Waals surface area contributed by atoms with Crippen molar-refractivity contribution in [2.75, 3.05) is 14.2 Å². The molecule has 1 rings (SSSR count). The molecule has 0 saturated heterocycles. The number of rotatable bonds is 3. The van der Waals surface area contributed by atoms with Gasteiger partial charge in [0.1, 0.15) is 5.76 Å². The van der Waals surface area contributed by atoms with E-state index in [0.717, 1.165) is 26.4 Å². The first-order chi connectivity index (χ1) is 8.39. The molecular weight excluding hydrogens is 246 g/mol. The molecule has 1 N–H and O–H groups in total. The number of methoxy groups -OCH3 is 2. The van der Waals surface area contributed by atoms with Gasteiger partial charge in [-0.05, 0) is 6.08 Å². The van der Waals surface area contributed by atoms with E-state index < -0.39 is 34.6 Å². The second kappa shape index (κ2) is 4.86. The predicted molar refractivity (Wildman–Crippen MR) is 57.2 cm³/mol. The van der Waals surface area contributed by atoms with Crippen LogP contribution in [0.2, 0.25) is 0 Å². The molecule has 0 heterocycles. The molecule has 1 aliphatic carbocycles. The Kier molecular flexibility index (Phi) is 3.70. The zero-order valence-electron chi connectivity index (χ0n) is 9.71. The molecule has 0 aromatic carbocycles. The molecule has 0 aromatic rings. The van der Waals surface area contributed by atoms with Crippen LogP contribution in [0.15, 0.2) is 23.5 Å². The van der Waals surface area contributed by atoms with Gasteiger partial charge in [-0.2, -0.15) is 0 Å². The molecule has 0 amide bonds. The van der Waals surface area contributed by atoms with Gasteiger partial charge in [0.15, 0.2) is 0 Å². The molecule has 0 bridgehead atoms. The summed E-state index contributed by atoms with van der Waals surface area (Å²) < 4.78 is 8.72. The number of nitrogens with zero attached hydrogens (tertiary/aromatic N) is 1. The molecule has 8 nitrogen and oxygen atoms in total. The number of aliphatic hydroxyl groups is 1. The maximum absolute atomic E-state index is 11.5. The number of hydrogen-bond acceptors (Lipinski definition) is 7. The van der Waals surface area contributed by atoms with Gasteiger partial charge in [-0.1, -0.05) is 0 Å². The Labute approximate surface area is 102 Å². The third-order valence-corrected chi connectivity index (χ3v) is 2.54. The lowest BCUT2D eigenvalue weighted by atomic mass is 9.88. The van der Waals surface area contributed by atoms with Gasteiger partial charge in [0.25, 0.3) is 0 Å². The Morgan fingerprint density at radius 1 is 1.44 bits per heavy atom. The van der Waals surface area contributed by atoms with Crippen LogP contribution < -0.4 is 0 Å². The van der Waals surface area contributed by atoms with Gasteiger partial charge in [-0.3, -0.25) is 10.1 Å². The minimum atomic E-state index is -2.21. The standard InChI is InChI=1S/C10H11NO7/c1-17-8(13)6-3-4-10(11(15)16,5-7(6)12)9(14)18-2/h3-4,12H,5H2,1-2H3. The van der Waals surface area contributed by atoms with Gasteiger partial charge >= 0.3 is 17.5 Å². The van der Waals surface area contributed by atoms with E-state index >= 15 is 0 Å². The summed E-state index contributed by atoms with van der Waals surface area (Å²) in [5.41, 5.74) is -2.44. The van der Waals surface area contributed by atoms with E-state index in [1.165, 1.54) is 0 Å². The van der Waals surface area contributed by atoms with Crippen LogP contribution in [0.25, 0.3) is 0 Å². The first-order valence-corrected chi connectivity index (χ1v) is 4.81. The van der Waals surface area contributed by atoms with Gasteiger partial charge in [0, 0.05) is 11.0 Å². The van der Waals surface area contributed by atoms with Crippen LogP contribution in [0.5, 0.6) is 0 Å². The molecule has 0 fully saturated rings. The van der Waals surface area contributed by atoms with E-state index in [1.54, 1.807) is 0 Å². The predicted octanol–water partition coefficient (Wildman–Crippen LogP) is 0.120. The lowest BCUT2D eigenvalue weighted by molar-refractivity contribution is -0.541. The molecule has 0 radical (unpaired) electrons. The minimum absolute atomic E-state index is 0.223. The lowest BCUT2D eigenvalue weighted by Gasteiger charge is -2.22. The molecule has 1 atom stereocenters. The second-order valence-corrected chi connectivity index (χ2v) is 3.54. The van der Waals surface area contributed by atoms with Crippen molar-refractivity contribution in [3.63, 3.8) is 0 Å². The maximum Gasteiger partial charge on any atom is 0.389 e. The molecule has 1 aliphatic rings. The average Bonchev–Trinajstić information content (AvgIpc) is 2.36.